The molecule has 0 aliphatic carbocycles. The van der Waals surface area contributed by atoms with Crippen LogP contribution in [-0.4, -0.2) is 21.5 Å². The molecule has 0 saturated heterocycles. The van der Waals surface area contributed by atoms with E-state index < -0.39 is 0 Å². The third kappa shape index (κ3) is 1.79. The van der Waals surface area contributed by atoms with Crippen molar-refractivity contribution in [2.45, 2.75) is 6.04 Å². The molecule has 0 fully saturated rings. The highest BCUT2D eigenvalue weighted by Crippen LogP contribution is 2.37. The normalized spacial score (nSPS) is 20.3. The number of fused-ring (bicyclic) bond motifs is 3. The summed E-state index contributed by atoms with van der Waals surface area (Å²) < 4.78 is 0. The van der Waals surface area contributed by atoms with Crippen molar-refractivity contribution in [2.75, 3.05) is 5.75 Å². The Labute approximate surface area is 115 Å². The standard InChI is InChI=1S/C15H11N3S/c1-2-6-11-10(5-1)14-15(18-11)19-9-13(17-14)12-7-3-4-8-16-12/h1-8,13H,9H2. The topological polar surface area (TPSA) is 37.6 Å². The van der Waals surface area contributed by atoms with Crippen LogP contribution in [0.1, 0.15) is 17.3 Å². The molecule has 0 amide bonds. The third-order valence-electron chi connectivity index (χ3n) is 3.28. The molecule has 0 radical (unpaired) electrons. The number of aliphatic imine (C=N–C) groups is 2. The van der Waals surface area contributed by atoms with Crippen LogP contribution < -0.4 is 0 Å². The van der Waals surface area contributed by atoms with Crippen LogP contribution in [0.4, 0.5) is 5.69 Å². The molecule has 1 atom stereocenters. The summed E-state index contributed by atoms with van der Waals surface area (Å²) in [5.74, 6) is 0.910. The Morgan fingerprint density at radius 3 is 2.84 bits per heavy atom. The first-order chi connectivity index (χ1) is 9.42. The van der Waals surface area contributed by atoms with Gasteiger partial charge in [0.05, 0.1) is 17.1 Å². The Kier molecular flexibility index (Phi) is 2.48. The minimum absolute atomic E-state index is 0.131. The number of benzene rings is 1. The van der Waals surface area contributed by atoms with E-state index in [0.717, 1.165) is 33.5 Å². The molecule has 0 spiro atoms. The minimum atomic E-state index is 0.131. The number of aromatic nitrogens is 1. The van der Waals surface area contributed by atoms with Crippen LogP contribution in [0.25, 0.3) is 0 Å². The highest BCUT2D eigenvalue weighted by atomic mass is 32.2. The molecule has 0 N–H and O–H groups in total. The molecular formula is C15H11N3S. The van der Waals surface area contributed by atoms with Gasteiger partial charge in [-0.05, 0) is 18.2 Å². The van der Waals surface area contributed by atoms with Crippen molar-refractivity contribution in [3.8, 4) is 0 Å². The Morgan fingerprint density at radius 2 is 1.95 bits per heavy atom. The largest absolute Gasteiger partial charge is 0.271 e. The first-order valence-corrected chi connectivity index (χ1v) is 7.20. The number of pyridine rings is 1. The van der Waals surface area contributed by atoms with Crippen molar-refractivity contribution < 1.29 is 0 Å². The lowest BCUT2D eigenvalue weighted by Gasteiger charge is -2.18. The smallest absolute Gasteiger partial charge is 0.123 e. The van der Waals surface area contributed by atoms with E-state index in [4.69, 9.17) is 4.99 Å². The lowest BCUT2D eigenvalue weighted by molar-refractivity contribution is 0.797. The fraction of sp³-hybridized carbons (Fsp3) is 0.133. The molecule has 2 aliphatic rings. The SMILES string of the molecule is c1ccc(C2CSC3=Nc4ccccc4C3=N2)nc1. The second-order valence-electron chi connectivity index (χ2n) is 4.49. The minimum Gasteiger partial charge on any atom is -0.271 e. The molecule has 4 rings (SSSR count). The van der Waals surface area contributed by atoms with Gasteiger partial charge >= 0.3 is 0 Å². The highest BCUT2D eigenvalue weighted by molar-refractivity contribution is 8.16. The van der Waals surface area contributed by atoms with Gasteiger partial charge < -0.3 is 0 Å². The van der Waals surface area contributed by atoms with Gasteiger partial charge in [0.2, 0.25) is 0 Å². The van der Waals surface area contributed by atoms with Crippen LogP contribution in [0.3, 0.4) is 0 Å². The molecule has 19 heavy (non-hydrogen) atoms. The molecule has 4 heteroatoms. The molecule has 2 aliphatic heterocycles. The molecule has 1 unspecified atom stereocenters. The third-order valence-corrected chi connectivity index (χ3v) is 4.32. The van der Waals surface area contributed by atoms with Crippen molar-refractivity contribution >= 4 is 28.2 Å². The lowest BCUT2D eigenvalue weighted by Crippen LogP contribution is -2.18. The predicted octanol–water partition coefficient (Wildman–Crippen LogP) is 3.40. The Hall–Kier alpha value is -1.94. The average Bonchev–Trinajstić information content (AvgIpc) is 2.86. The maximum atomic E-state index is 4.86. The molecular weight excluding hydrogens is 254 g/mol. The molecule has 3 heterocycles. The van der Waals surface area contributed by atoms with Crippen LogP contribution in [0.15, 0.2) is 58.6 Å². The van der Waals surface area contributed by atoms with E-state index in [1.807, 2.05) is 42.6 Å². The van der Waals surface area contributed by atoms with Crippen molar-refractivity contribution in [1.82, 2.24) is 4.98 Å². The van der Waals surface area contributed by atoms with E-state index >= 15 is 0 Å². The van der Waals surface area contributed by atoms with Crippen molar-refractivity contribution in [2.24, 2.45) is 9.98 Å². The second-order valence-corrected chi connectivity index (χ2v) is 5.50. The summed E-state index contributed by atoms with van der Waals surface area (Å²) in [4.78, 5) is 13.9. The fourth-order valence-corrected chi connectivity index (χ4v) is 3.37. The number of para-hydroxylation sites is 1. The van der Waals surface area contributed by atoms with E-state index in [2.05, 4.69) is 16.0 Å². The van der Waals surface area contributed by atoms with Gasteiger partial charge in [-0.3, -0.25) is 9.98 Å². The maximum Gasteiger partial charge on any atom is 0.123 e. The zero-order valence-electron chi connectivity index (χ0n) is 10.2. The van der Waals surface area contributed by atoms with E-state index in [-0.39, 0.29) is 6.04 Å². The summed E-state index contributed by atoms with van der Waals surface area (Å²) in [7, 11) is 0. The van der Waals surface area contributed by atoms with Gasteiger partial charge in [-0.2, -0.15) is 0 Å². The quantitative estimate of drug-likeness (QED) is 0.792. The summed E-state index contributed by atoms with van der Waals surface area (Å²) in [5, 5.41) is 1.05. The average molecular weight is 265 g/mol. The molecule has 1 aromatic heterocycles. The molecule has 92 valence electrons. The van der Waals surface area contributed by atoms with Crippen LogP contribution in [0.2, 0.25) is 0 Å². The molecule has 0 bridgehead atoms. The predicted molar refractivity (Wildman–Crippen MR) is 79.5 cm³/mol. The van der Waals surface area contributed by atoms with Gasteiger partial charge in [-0.15, -0.1) is 11.8 Å². The summed E-state index contributed by atoms with van der Waals surface area (Å²) in [6.45, 7) is 0. The second kappa shape index (κ2) is 4.31. The van der Waals surface area contributed by atoms with Gasteiger partial charge in [0.25, 0.3) is 0 Å². The van der Waals surface area contributed by atoms with Crippen LogP contribution >= 0.6 is 11.8 Å². The Morgan fingerprint density at radius 1 is 1.05 bits per heavy atom. The fourth-order valence-electron chi connectivity index (χ4n) is 2.35. The number of nitrogens with zero attached hydrogens (tertiary/aromatic N) is 3. The number of thioether (sulfide) groups is 1. The van der Waals surface area contributed by atoms with E-state index in [1.165, 1.54) is 0 Å². The van der Waals surface area contributed by atoms with Gasteiger partial charge in [0.1, 0.15) is 11.1 Å². The van der Waals surface area contributed by atoms with Crippen molar-refractivity contribution in [1.29, 1.82) is 0 Å². The summed E-state index contributed by atoms with van der Waals surface area (Å²) in [6, 6.07) is 14.3. The van der Waals surface area contributed by atoms with Crippen LogP contribution in [-0.2, 0) is 0 Å². The van der Waals surface area contributed by atoms with Crippen LogP contribution in [0, 0.1) is 0 Å². The van der Waals surface area contributed by atoms with E-state index in [9.17, 15) is 0 Å². The Bertz CT molecular complexity index is 692. The zero-order chi connectivity index (χ0) is 12.7. The number of hydrogen-bond donors (Lipinski definition) is 0. The molecule has 3 nitrogen and oxygen atoms in total. The van der Waals surface area contributed by atoms with Crippen molar-refractivity contribution in [3.63, 3.8) is 0 Å². The molecule has 1 aromatic carbocycles. The number of hydrogen-bond acceptors (Lipinski definition) is 4. The van der Waals surface area contributed by atoms with Gasteiger partial charge in [-0.1, -0.05) is 24.3 Å². The summed E-state index contributed by atoms with van der Waals surface area (Å²) >= 11 is 1.77. The summed E-state index contributed by atoms with van der Waals surface area (Å²) in [5.41, 5.74) is 4.24. The Balaban J connectivity index is 1.79. The monoisotopic (exact) mass is 265 g/mol. The van der Waals surface area contributed by atoms with Gasteiger partial charge in [-0.25, -0.2) is 4.99 Å². The first-order valence-electron chi connectivity index (χ1n) is 6.22. The van der Waals surface area contributed by atoms with Crippen LogP contribution in [0.5, 0.6) is 0 Å². The lowest BCUT2D eigenvalue weighted by atomic mass is 10.1. The first kappa shape index (κ1) is 10.9. The highest BCUT2D eigenvalue weighted by Gasteiger charge is 2.29. The van der Waals surface area contributed by atoms with Crippen molar-refractivity contribution in [3.05, 3.63) is 59.9 Å². The molecule has 0 saturated carbocycles. The zero-order valence-corrected chi connectivity index (χ0v) is 11.0. The van der Waals surface area contributed by atoms with Gasteiger partial charge in [0.15, 0.2) is 0 Å². The summed E-state index contributed by atoms with van der Waals surface area (Å²) in [6.07, 6.45) is 1.83. The maximum absolute atomic E-state index is 4.86. The number of rotatable bonds is 1. The van der Waals surface area contributed by atoms with E-state index in [1.54, 1.807) is 11.8 Å². The molecule has 2 aromatic rings. The van der Waals surface area contributed by atoms with E-state index in [0.29, 0.717) is 0 Å². The van der Waals surface area contributed by atoms with Gasteiger partial charge in [0, 0.05) is 17.5 Å².